The highest BCUT2D eigenvalue weighted by molar-refractivity contribution is 5.22. The summed E-state index contributed by atoms with van der Waals surface area (Å²) >= 11 is 0. The third-order valence-electron chi connectivity index (χ3n) is 5.19. The molecule has 1 saturated heterocycles. The van der Waals surface area contributed by atoms with Crippen LogP contribution in [0.2, 0.25) is 0 Å². The second kappa shape index (κ2) is 4.29. The van der Waals surface area contributed by atoms with E-state index in [4.69, 9.17) is 9.47 Å². The Balaban J connectivity index is 1.49. The van der Waals surface area contributed by atoms with Gasteiger partial charge in [0.25, 0.3) is 0 Å². The topological polar surface area (TPSA) is 31.4 Å². The van der Waals surface area contributed by atoms with Crippen LogP contribution in [-0.2, 0) is 9.47 Å². The van der Waals surface area contributed by atoms with E-state index in [-0.39, 0.29) is 5.79 Å². The van der Waals surface area contributed by atoms with Crippen LogP contribution in [0.4, 0.5) is 0 Å². The molecule has 1 aromatic rings. The van der Waals surface area contributed by atoms with Gasteiger partial charge in [0.1, 0.15) is 0 Å². The van der Waals surface area contributed by atoms with Crippen LogP contribution in [0.5, 0.6) is 0 Å². The van der Waals surface area contributed by atoms with Gasteiger partial charge >= 0.3 is 0 Å². The first kappa shape index (κ1) is 11.9. The minimum absolute atomic E-state index is 0.200. The lowest BCUT2D eigenvalue weighted by Gasteiger charge is -2.23. The van der Waals surface area contributed by atoms with Gasteiger partial charge in [-0.25, -0.2) is 0 Å². The van der Waals surface area contributed by atoms with E-state index in [1.165, 1.54) is 18.4 Å². The molecule has 0 N–H and O–H groups in total. The lowest BCUT2D eigenvalue weighted by molar-refractivity contribution is -0.155. The molecule has 0 aromatic carbocycles. The first-order valence-corrected chi connectivity index (χ1v) is 7.45. The molecule has 3 aliphatic rings. The SMILES string of the molecule is Cc1cc(C2C[C@@H]3CC4(C[C@@H]3C2)OCCO4)ccn1. The van der Waals surface area contributed by atoms with Crippen molar-refractivity contribution in [2.45, 2.75) is 44.3 Å². The molecule has 102 valence electrons. The zero-order chi connectivity index (χ0) is 12.9. The van der Waals surface area contributed by atoms with E-state index in [9.17, 15) is 0 Å². The number of aryl methyl sites for hydroxylation is 1. The van der Waals surface area contributed by atoms with Gasteiger partial charge in [-0.3, -0.25) is 4.98 Å². The molecule has 3 fully saturated rings. The van der Waals surface area contributed by atoms with Crippen LogP contribution in [0.25, 0.3) is 0 Å². The third kappa shape index (κ3) is 2.00. The Morgan fingerprint density at radius 2 is 1.84 bits per heavy atom. The van der Waals surface area contributed by atoms with Crippen LogP contribution >= 0.6 is 0 Å². The van der Waals surface area contributed by atoms with E-state index in [1.54, 1.807) is 0 Å². The van der Waals surface area contributed by atoms with Crippen LogP contribution in [-0.4, -0.2) is 24.0 Å². The minimum atomic E-state index is -0.200. The molecule has 1 aliphatic heterocycles. The number of nitrogens with zero attached hydrogens (tertiary/aromatic N) is 1. The van der Waals surface area contributed by atoms with Crippen molar-refractivity contribution in [3.05, 3.63) is 29.6 Å². The van der Waals surface area contributed by atoms with Gasteiger partial charge in [0.15, 0.2) is 5.79 Å². The van der Waals surface area contributed by atoms with Crippen molar-refractivity contribution in [3.8, 4) is 0 Å². The predicted octanol–water partition coefficient (Wildman–Crippen LogP) is 3.04. The fourth-order valence-electron chi connectivity index (χ4n) is 4.42. The number of hydrogen-bond donors (Lipinski definition) is 0. The predicted molar refractivity (Wildman–Crippen MR) is 71.8 cm³/mol. The summed E-state index contributed by atoms with van der Waals surface area (Å²) < 4.78 is 11.7. The summed E-state index contributed by atoms with van der Waals surface area (Å²) in [4.78, 5) is 4.30. The van der Waals surface area contributed by atoms with E-state index in [2.05, 4.69) is 24.0 Å². The summed E-state index contributed by atoms with van der Waals surface area (Å²) in [5.41, 5.74) is 2.61. The molecule has 2 saturated carbocycles. The maximum atomic E-state index is 5.87. The average molecular weight is 259 g/mol. The van der Waals surface area contributed by atoms with Gasteiger partial charge in [0.2, 0.25) is 0 Å². The Hall–Kier alpha value is -0.930. The fourth-order valence-corrected chi connectivity index (χ4v) is 4.42. The molecule has 0 radical (unpaired) electrons. The second-order valence-corrected chi connectivity index (χ2v) is 6.43. The lowest BCUT2D eigenvalue weighted by atomic mass is 9.94. The van der Waals surface area contributed by atoms with Crippen molar-refractivity contribution in [3.63, 3.8) is 0 Å². The quantitative estimate of drug-likeness (QED) is 0.777. The molecule has 1 aromatic heterocycles. The lowest BCUT2D eigenvalue weighted by Crippen LogP contribution is -2.27. The van der Waals surface area contributed by atoms with Crippen molar-refractivity contribution in [2.75, 3.05) is 13.2 Å². The normalized spacial score (nSPS) is 35.9. The highest BCUT2D eigenvalue weighted by atomic mass is 16.7. The van der Waals surface area contributed by atoms with E-state index in [0.29, 0.717) is 0 Å². The summed E-state index contributed by atoms with van der Waals surface area (Å²) in [6.45, 7) is 3.65. The van der Waals surface area contributed by atoms with Gasteiger partial charge < -0.3 is 9.47 Å². The van der Waals surface area contributed by atoms with Crippen LogP contribution in [0.1, 0.15) is 42.9 Å². The van der Waals surface area contributed by atoms with E-state index < -0.39 is 0 Å². The Morgan fingerprint density at radius 1 is 1.16 bits per heavy atom. The first-order valence-electron chi connectivity index (χ1n) is 7.45. The molecule has 0 amide bonds. The summed E-state index contributed by atoms with van der Waals surface area (Å²) in [6.07, 6.45) is 6.76. The minimum Gasteiger partial charge on any atom is -0.348 e. The van der Waals surface area contributed by atoms with Gasteiger partial charge in [-0.1, -0.05) is 0 Å². The fraction of sp³-hybridized carbons (Fsp3) is 0.688. The maximum absolute atomic E-state index is 5.87. The molecule has 1 spiro atoms. The molecule has 19 heavy (non-hydrogen) atoms. The third-order valence-corrected chi connectivity index (χ3v) is 5.19. The molecule has 3 heteroatoms. The van der Waals surface area contributed by atoms with Gasteiger partial charge in [-0.15, -0.1) is 0 Å². The van der Waals surface area contributed by atoms with Gasteiger partial charge in [-0.2, -0.15) is 0 Å². The van der Waals surface area contributed by atoms with Crippen molar-refractivity contribution < 1.29 is 9.47 Å². The molecular weight excluding hydrogens is 238 g/mol. The van der Waals surface area contributed by atoms with E-state index >= 15 is 0 Å². The Morgan fingerprint density at radius 3 is 2.47 bits per heavy atom. The molecule has 3 atom stereocenters. The number of fused-ring (bicyclic) bond motifs is 1. The number of rotatable bonds is 1. The van der Waals surface area contributed by atoms with Crippen LogP contribution in [0.3, 0.4) is 0 Å². The molecular formula is C16H21NO2. The highest BCUT2D eigenvalue weighted by Gasteiger charge is 2.52. The highest BCUT2D eigenvalue weighted by Crippen LogP contribution is 2.55. The Labute approximate surface area is 114 Å². The van der Waals surface area contributed by atoms with Crippen molar-refractivity contribution in [1.29, 1.82) is 0 Å². The maximum Gasteiger partial charge on any atom is 0.169 e. The Kier molecular flexibility index (Phi) is 2.68. The van der Waals surface area contributed by atoms with E-state index in [1.807, 2.05) is 6.20 Å². The number of ether oxygens (including phenoxy) is 2. The molecule has 1 unspecified atom stereocenters. The average Bonchev–Trinajstić information content (AvgIpc) is 3.05. The first-order chi connectivity index (χ1) is 9.24. The number of hydrogen-bond acceptors (Lipinski definition) is 3. The number of pyridine rings is 1. The molecule has 2 aliphatic carbocycles. The van der Waals surface area contributed by atoms with Crippen molar-refractivity contribution >= 4 is 0 Å². The van der Waals surface area contributed by atoms with E-state index in [0.717, 1.165) is 49.5 Å². The summed E-state index contributed by atoms with van der Waals surface area (Å²) in [5, 5.41) is 0. The molecule has 3 nitrogen and oxygen atoms in total. The van der Waals surface area contributed by atoms with Crippen LogP contribution in [0.15, 0.2) is 18.3 Å². The number of aromatic nitrogens is 1. The zero-order valence-electron chi connectivity index (χ0n) is 11.5. The second-order valence-electron chi connectivity index (χ2n) is 6.43. The Bertz CT molecular complexity index is 465. The standard InChI is InChI=1S/C16H21NO2/c1-11-6-12(2-3-17-11)13-7-14-9-16(10-15(14)8-13)18-4-5-19-16/h2-3,6,13-15H,4-5,7-10H2,1H3/t13?,14-,15+. The monoisotopic (exact) mass is 259 g/mol. The summed E-state index contributed by atoms with van der Waals surface area (Å²) in [7, 11) is 0. The van der Waals surface area contributed by atoms with Gasteiger partial charge in [0, 0.05) is 24.7 Å². The van der Waals surface area contributed by atoms with Crippen molar-refractivity contribution in [2.24, 2.45) is 11.8 Å². The van der Waals surface area contributed by atoms with Crippen molar-refractivity contribution in [1.82, 2.24) is 4.98 Å². The van der Waals surface area contributed by atoms with Crippen LogP contribution < -0.4 is 0 Å². The molecule has 4 rings (SSSR count). The molecule has 0 bridgehead atoms. The largest absolute Gasteiger partial charge is 0.348 e. The smallest absolute Gasteiger partial charge is 0.169 e. The van der Waals surface area contributed by atoms with Gasteiger partial charge in [-0.05, 0) is 55.2 Å². The summed E-state index contributed by atoms with van der Waals surface area (Å²) in [6, 6.07) is 4.45. The molecule has 2 heterocycles. The van der Waals surface area contributed by atoms with Gasteiger partial charge in [0.05, 0.1) is 13.2 Å². The summed E-state index contributed by atoms with van der Waals surface area (Å²) in [5.74, 6) is 2.10. The zero-order valence-corrected chi connectivity index (χ0v) is 11.5. The van der Waals surface area contributed by atoms with Crippen LogP contribution in [0, 0.1) is 18.8 Å².